The molecule has 0 aromatic carbocycles. The van der Waals surface area contributed by atoms with E-state index in [1.165, 1.54) is 30.4 Å². The van der Waals surface area contributed by atoms with Crippen molar-refractivity contribution in [1.82, 2.24) is 15.2 Å². The van der Waals surface area contributed by atoms with Crippen molar-refractivity contribution < 1.29 is 14.7 Å². The molecule has 6 nitrogen and oxygen atoms in total. The SMILES string of the molecule is CCNC(=O)CN(C)C(=O)c1ccncc1O. The number of aromatic nitrogens is 1. The second-order valence-corrected chi connectivity index (χ2v) is 3.51. The number of carbonyl (C=O) groups excluding carboxylic acids is 2. The zero-order chi connectivity index (χ0) is 12.8. The highest BCUT2D eigenvalue weighted by atomic mass is 16.3. The van der Waals surface area contributed by atoms with Crippen LogP contribution in [0.1, 0.15) is 17.3 Å². The van der Waals surface area contributed by atoms with Gasteiger partial charge in [0.1, 0.15) is 5.75 Å². The first-order valence-electron chi connectivity index (χ1n) is 5.21. The van der Waals surface area contributed by atoms with Crippen LogP contribution in [-0.4, -0.2) is 46.9 Å². The zero-order valence-electron chi connectivity index (χ0n) is 9.80. The second kappa shape index (κ2) is 5.83. The van der Waals surface area contributed by atoms with Gasteiger partial charge >= 0.3 is 0 Å². The Kier molecular flexibility index (Phi) is 4.45. The fraction of sp³-hybridized carbons (Fsp3) is 0.364. The van der Waals surface area contributed by atoms with E-state index in [1.807, 2.05) is 0 Å². The number of pyridine rings is 1. The Balaban J connectivity index is 2.70. The molecule has 17 heavy (non-hydrogen) atoms. The molecule has 2 amide bonds. The van der Waals surface area contributed by atoms with E-state index in [4.69, 9.17) is 0 Å². The van der Waals surface area contributed by atoms with Gasteiger partial charge in [-0.15, -0.1) is 0 Å². The van der Waals surface area contributed by atoms with E-state index < -0.39 is 5.91 Å². The summed E-state index contributed by atoms with van der Waals surface area (Å²) in [5.74, 6) is -0.853. The van der Waals surface area contributed by atoms with Crippen LogP contribution < -0.4 is 5.32 Å². The summed E-state index contributed by atoms with van der Waals surface area (Å²) in [6.45, 7) is 2.27. The molecule has 1 aromatic rings. The van der Waals surface area contributed by atoms with Crippen LogP contribution in [0, 0.1) is 0 Å². The van der Waals surface area contributed by atoms with E-state index in [0.717, 1.165) is 0 Å². The molecule has 2 N–H and O–H groups in total. The van der Waals surface area contributed by atoms with Gasteiger partial charge in [-0.05, 0) is 13.0 Å². The third kappa shape index (κ3) is 3.44. The number of carbonyl (C=O) groups is 2. The van der Waals surface area contributed by atoms with Gasteiger partial charge in [0.25, 0.3) is 5.91 Å². The molecule has 1 heterocycles. The minimum Gasteiger partial charge on any atom is -0.505 e. The molecule has 6 heteroatoms. The van der Waals surface area contributed by atoms with Gasteiger partial charge in [0.15, 0.2) is 0 Å². The molecule has 0 fully saturated rings. The molecule has 1 rings (SSSR count). The highest BCUT2D eigenvalue weighted by Gasteiger charge is 2.17. The summed E-state index contributed by atoms with van der Waals surface area (Å²) in [4.78, 5) is 28.1. The quantitative estimate of drug-likeness (QED) is 0.772. The fourth-order valence-electron chi connectivity index (χ4n) is 1.31. The van der Waals surface area contributed by atoms with E-state index in [1.54, 1.807) is 6.92 Å². The molecule has 0 aliphatic rings. The Morgan fingerprint density at radius 2 is 2.24 bits per heavy atom. The van der Waals surface area contributed by atoms with E-state index in [2.05, 4.69) is 10.3 Å². The van der Waals surface area contributed by atoms with Crippen molar-refractivity contribution in [2.45, 2.75) is 6.92 Å². The molecule has 0 radical (unpaired) electrons. The average molecular weight is 237 g/mol. The van der Waals surface area contributed by atoms with Crippen LogP contribution >= 0.6 is 0 Å². The van der Waals surface area contributed by atoms with Gasteiger partial charge in [-0.1, -0.05) is 0 Å². The lowest BCUT2D eigenvalue weighted by Gasteiger charge is -2.16. The van der Waals surface area contributed by atoms with Crippen LogP contribution in [0.4, 0.5) is 0 Å². The van der Waals surface area contributed by atoms with E-state index >= 15 is 0 Å². The first-order chi connectivity index (χ1) is 8.06. The molecule has 0 spiro atoms. The van der Waals surface area contributed by atoms with Gasteiger partial charge in [0.2, 0.25) is 5.91 Å². The van der Waals surface area contributed by atoms with Crippen molar-refractivity contribution in [3.8, 4) is 5.75 Å². The summed E-state index contributed by atoms with van der Waals surface area (Å²) in [7, 11) is 1.50. The van der Waals surface area contributed by atoms with Crippen LogP contribution in [0.25, 0.3) is 0 Å². The summed E-state index contributed by atoms with van der Waals surface area (Å²) in [5.41, 5.74) is 0.131. The lowest BCUT2D eigenvalue weighted by molar-refractivity contribution is -0.121. The van der Waals surface area contributed by atoms with Crippen molar-refractivity contribution in [1.29, 1.82) is 0 Å². The minimum atomic E-state index is -0.420. The van der Waals surface area contributed by atoms with Gasteiger partial charge < -0.3 is 15.3 Å². The monoisotopic (exact) mass is 237 g/mol. The number of likely N-dealkylation sites (N-methyl/N-ethyl adjacent to an activating group) is 2. The molecule has 92 valence electrons. The van der Waals surface area contributed by atoms with Gasteiger partial charge in [-0.3, -0.25) is 14.6 Å². The Morgan fingerprint density at radius 1 is 1.53 bits per heavy atom. The van der Waals surface area contributed by atoms with E-state index in [-0.39, 0.29) is 23.8 Å². The number of hydrogen-bond acceptors (Lipinski definition) is 4. The molecule has 0 bridgehead atoms. The maximum atomic E-state index is 11.9. The first-order valence-corrected chi connectivity index (χ1v) is 5.21. The summed E-state index contributed by atoms with van der Waals surface area (Å²) in [6, 6.07) is 1.41. The topological polar surface area (TPSA) is 82.5 Å². The number of nitrogens with zero attached hydrogens (tertiary/aromatic N) is 2. The van der Waals surface area contributed by atoms with Gasteiger partial charge in [-0.25, -0.2) is 0 Å². The molecule has 0 saturated carbocycles. The summed E-state index contributed by atoms with van der Waals surface area (Å²) in [6.07, 6.45) is 2.60. The van der Waals surface area contributed by atoms with Crippen LogP contribution in [0.2, 0.25) is 0 Å². The largest absolute Gasteiger partial charge is 0.505 e. The molecule has 1 aromatic heterocycles. The van der Waals surface area contributed by atoms with Crippen LogP contribution in [0.5, 0.6) is 5.75 Å². The lowest BCUT2D eigenvalue weighted by Crippen LogP contribution is -2.38. The van der Waals surface area contributed by atoms with Crippen molar-refractivity contribution in [2.75, 3.05) is 20.1 Å². The minimum absolute atomic E-state index is 0.0472. The fourth-order valence-corrected chi connectivity index (χ4v) is 1.31. The predicted molar refractivity (Wildman–Crippen MR) is 61.5 cm³/mol. The summed E-state index contributed by atoms with van der Waals surface area (Å²) in [5, 5.41) is 12.0. The maximum absolute atomic E-state index is 11.9. The molecule has 0 unspecified atom stereocenters. The normalized spacial score (nSPS) is 9.76. The molecule has 0 aliphatic heterocycles. The van der Waals surface area contributed by atoms with Crippen molar-refractivity contribution in [2.24, 2.45) is 0 Å². The van der Waals surface area contributed by atoms with Gasteiger partial charge in [-0.2, -0.15) is 0 Å². The summed E-state index contributed by atoms with van der Waals surface area (Å²) < 4.78 is 0. The van der Waals surface area contributed by atoms with Crippen LogP contribution in [0.3, 0.4) is 0 Å². The van der Waals surface area contributed by atoms with E-state index in [0.29, 0.717) is 6.54 Å². The molecule has 0 aliphatic carbocycles. The van der Waals surface area contributed by atoms with E-state index in [9.17, 15) is 14.7 Å². The third-order valence-electron chi connectivity index (χ3n) is 2.13. The smallest absolute Gasteiger partial charge is 0.257 e. The number of aromatic hydroxyl groups is 1. The Morgan fingerprint density at radius 3 is 2.82 bits per heavy atom. The lowest BCUT2D eigenvalue weighted by atomic mass is 10.2. The number of amides is 2. The van der Waals surface area contributed by atoms with Crippen LogP contribution in [0.15, 0.2) is 18.5 Å². The van der Waals surface area contributed by atoms with Gasteiger partial charge in [0.05, 0.1) is 18.3 Å². The molecule has 0 saturated heterocycles. The van der Waals surface area contributed by atoms with Crippen molar-refractivity contribution >= 4 is 11.8 Å². The highest BCUT2D eigenvalue weighted by Crippen LogP contribution is 2.15. The number of rotatable bonds is 4. The number of nitrogens with one attached hydrogen (secondary N) is 1. The Labute approximate surface area is 99.3 Å². The molecular formula is C11H15N3O3. The average Bonchev–Trinajstić information content (AvgIpc) is 2.29. The highest BCUT2D eigenvalue weighted by molar-refractivity contribution is 5.98. The van der Waals surface area contributed by atoms with Gasteiger partial charge in [0, 0.05) is 19.8 Å². The van der Waals surface area contributed by atoms with Crippen LogP contribution in [-0.2, 0) is 4.79 Å². The molecule has 0 atom stereocenters. The third-order valence-corrected chi connectivity index (χ3v) is 2.13. The predicted octanol–water partition coefficient (Wildman–Crippen LogP) is -0.00470. The van der Waals surface area contributed by atoms with Crippen molar-refractivity contribution in [3.63, 3.8) is 0 Å². The Bertz CT molecular complexity index is 420. The standard InChI is InChI=1S/C11H15N3O3/c1-3-13-10(16)7-14(2)11(17)8-4-5-12-6-9(8)15/h4-6,15H,3,7H2,1-2H3,(H,13,16). The van der Waals surface area contributed by atoms with Crippen molar-refractivity contribution in [3.05, 3.63) is 24.0 Å². The second-order valence-electron chi connectivity index (χ2n) is 3.51. The Hall–Kier alpha value is -2.11. The zero-order valence-corrected chi connectivity index (χ0v) is 9.80. The maximum Gasteiger partial charge on any atom is 0.257 e. The molecular weight excluding hydrogens is 222 g/mol. The number of hydrogen-bond donors (Lipinski definition) is 2. The summed E-state index contributed by atoms with van der Waals surface area (Å²) >= 11 is 0. The first kappa shape index (κ1) is 13.0.